The lowest BCUT2D eigenvalue weighted by molar-refractivity contribution is 0.0600. The van der Waals surface area contributed by atoms with Gasteiger partial charge in [0.1, 0.15) is 0 Å². The first-order chi connectivity index (χ1) is 18.1. The molecule has 2 amide bonds. The number of esters is 1. The van der Waals surface area contributed by atoms with Crippen LogP contribution in [-0.4, -0.2) is 60.2 Å². The summed E-state index contributed by atoms with van der Waals surface area (Å²) in [5.74, 6) is 6.30. The highest BCUT2D eigenvalue weighted by Gasteiger charge is 2.22. The number of rotatable bonds is 4. The predicted molar refractivity (Wildman–Crippen MR) is 140 cm³/mol. The number of aromatic nitrogens is 1. The van der Waals surface area contributed by atoms with E-state index in [1.165, 1.54) is 7.11 Å². The third-order valence-electron chi connectivity index (χ3n) is 6.27. The number of piperazine rings is 1. The summed E-state index contributed by atoms with van der Waals surface area (Å²) < 4.78 is 10.1. The summed E-state index contributed by atoms with van der Waals surface area (Å²) in [6.45, 7) is 3.51. The summed E-state index contributed by atoms with van der Waals surface area (Å²) in [5, 5.41) is 7.64. The van der Waals surface area contributed by atoms with Crippen molar-refractivity contribution >= 4 is 28.8 Å². The van der Waals surface area contributed by atoms with Crippen LogP contribution in [0, 0.1) is 11.8 Å². The van der Waals surface area contributed by atoms with Gasteiger partial charge in [-0.3, -0.25) is 10.2 Å². The Labute approximate surface area is 214 Å². The van der Waals surface area contributed by atoms with Crippen molar-refractivity contribution in [3.63, 3.8) is 0 Å². The highest BCUT2D eigenvalue weighted by atomic mass is 16.5. The molecule has 0 aliphatic carbocycles. The fourth-order valence-corrected chi connectivity index (χ4v) is 4.29. The molecule has 0 atom stereocenters. The zero-order valence-electron chi connectivity index (χ0n) is 20.4. The van der Waals surface area contributed by atoms with Crippen LogP contribution < -0.4 is 5.32 Å². The summed E-state index contributed by atoms with van der Waals surface area (Å²) in [6, 6.07) is 22.5. The topological polar surface area (TPSA) is 87.9 Å². The van der Waals surface area contributed by atoms with Crippen LogP contribution in [0.2, 0.25) is 0 Å². The van der Waals surface area contributed by atoms with Gasteiger partial charge < -0.3 is 14.2 Å². The van der Waals surface area contributed by atoms with Crippen molar-refractivity contribution in [3.05, 3.63) is 95.1 Å². The van der Waals surface area contributed by atoms with E-state index >= 15 is 0 Å². The molecule has 8 heteroatoms. The zero-order chi connectivity index (χ0) is 25.6. The Kier molecular flexibility index (Phi) is 7.15. The van der Waals surface area contributed by atoms with Crippen molar-refractivity contribution in [1.29, 1.82) is 0 Å². The number of nitrogens with zero attached hydrogens (tertiary/aromatic N) is 3. The van der Waals surface area contributed by atoms with Crippen molar-refractivity contribution in [2.75, 3.05) is 38.6 Å². The van der Waals surface area contributed by atoms with Gasteiger partial charge in [-0.05, 0) is 42.0 Å². The van der Waals surface area contributed by atoms with Crippen LogP contribution in [0.25, 0.3) is 11.0 Å². The molecule has 4 aromatic rings. The van der Waals surface area contributed by atoms with Gasteiger partial charge in [-0.25, -0.2) is 9.59 Å². The van der Waals surface area contributed by atoms with Gasteiger partial charge in [0.2, 0.25) is 0 Å². The smallest absolute Gasteiger partial charge is 0.339 e. The third kappa shape index (κ3) is 5.63. The molecule has 3 aromatic carbocycles. The predicted octanol–water partition coefficient (Wildman–Crippen LogP) is 4.36. The molecule has 1 aliphatic heterocycles. The average molecular weight is 495 g/mol. The molecular formula is C29H26N4O4. The number of para-hydroxylation sites is 1. The first kappa shape index (κ1) is 24.1. The number of hydrogen-bond donors (Lipinski definition) is 1. The maximum absolute atomic E-state index is 12.8. The number of fused-ring (bicyclic) bond motifs is 1. The minimum atomic E-state index is -0.402. The van der Waals surface area contributed by atoms with Crippen LogP contribution >= 0.6 is 0 Å². The van der Waals surface area contributed by atoms with E-state index in [-0.39, 0.29) is 6.03 Å². The van der Waals surface area contributed by atoms with Gasteiger partial charge in [-0.1, -0.05) is 53.4 Å². The zero-order valence-corrected chi connectivity index (χ0v) is 20.4. The molecule has 5 rings (SSSR count). The lowest BCUT2D eigenvalue weighted by Gasteiger charge is -2.34. The maximum atomic E-state index is 12.8. The van der Waals surface area contributed by atoms with E-state index < -0.39 is 5.97 Å². The monoisotopic (exact) mass is 494 g/mol. The average Bonchev–Trinajstić information content (AvgIpc) is 3.35. The first-order valence-electron chi connectivity index (χ1n) is 12.0. The summed E-state index contributed by atoms with van der Waals surface area (Å²) in [4.78, 5) is 28.9. The molecule has 37 heavy (non-hydrogen) atoms. The van der Waals surface area contributed by atoms with E-state index in [1.54, 1.807) is 17.0 Å². The number of hydrogen-bond acceptors (Lipinski definition) is 6. The normalized spacial score (nSPS) is 13.6. The Hall–Kier alpha value is -4.61. The summed E-state index contributed by atoms with van der Waals surface area (Å²) in [6.07, 6.45) is 0. The molecule has 1 N–H and O–H groups in total. The van der Waals surface area contributed by atoms with Gasteiger partial charge in [-0.2, -0.15) is 0 Å². The number of carbonyl (C=O) groups excluding carboxylic acids is 2. The van der Waals surface area contributed by atoms with E-state index in [4.69, 9.17) is 9.26 Å². The Morgan fingerprint density at radius 3 is 2.59 bits per heavy atom. The number of nitrogens with one attached hydrogen (secondary N) is 1. The lowest BCUT2D eigenvalue weighted by atomic mass is 10.1. The molecule has 0 bridgehead atoms. The van der Waals surface area contributed by atoms with Crippen molar-refractivity contribution in [1.82, 2.24) is 15.0 Å². The second kappa shape index (κ2) is 11.0. The number of amides is 2. The second-order valence-corrected chi connectivity index (χ2v) is 8.71. The molecule has 0 saturated carbocycles. The Morgan fingerprint density at radius 1 is 0.973 bits per heavy atom. The number of carbonyl (C=O) groups is 2. The summed E-state index contributed by atoms with van der Waals surface area (Å²) in [7, 11) is 1.36. The van der Waals surface area contributed by atoms with E-state index in [0.717, 1.165) is 36.1 Å². The van der Waals surface area contributed by atoms with Crippen LogP contribution in [0.3, 0.4) is 0 Å². The van der Waals surface area contributed by atoms with Gasteiger partial charge in [0.25, 0.3) is 0 Å². The molecule has 0 spiro atoms. The summed E-state index contributed by atoms with van der Waals surface area (Å²) in [5.41, 5.74) is 3.73. The molecule has 1 aliphatic rings. The van der Waals surface area contributed by atoms with Gasteiger partial charge >= 0.3 is 12.0 Å². The quantitative estimate of drug-likeness (QED) is 0.335. The first-order valence-corrected chi connectivity index (χ1v) is 12.0. The fraction of sp³-hybridized carbons (Fsp3) is 0.207. The van der Waals surface area contributed by atoms with Gasteiger partial charge in [-0.15, -0.1) is 0 Å². The molecule has 0 unspecified atom stereocenters. The van der Waals surface area contributed by atoms with Crippen LogP contribution in [-0.2, 0) is 11.3 Å². The number of methoxy groups -OCH3 is 1. The maximum Gasteiger partial charge on any atom is 0.339 e. The van der Waals surface area contributed by atoms with Crippen molar-refractivity contribution in [2.24, 2.45) is 0 Å². The van der Waals surface area contributed by atoms with Crippen LogP contribution in [0.1, 0.15) is 27.0 Å². The van der Waals surface area contributed by atoms with E-state index in [1.807, 2.05) is 48.5 Å². The van der Waals surface area contributed by atoms with E-state index in [2.05, 4.69) is 39.3 Å². The molecule has 2 heterocycles. The molecule has 186 valence electrons. The molecular weight excluding hydrogens is 468 g/mol. The van der Waals surface area contributed by atoms with Crippen LogP contribution in [0.4, 0.5) is 10.6 Å². The highest BCUT2D eigenvalue weighted by molar-refractivity contribution is 5.98. The Balaban J connectivity index is 1.18. The molecule has 1 fully saturated rings. The Morgan fingerprint density at radius 2 is 1.76 bits per heavy atom. The Bertz CT molecular complexity index is 1490. The number of urea groups is 1. The summed E-state index contributed by atoms with van der Waals surface area (Å²) >= 11 is 0. The van der Waals surface area contributed by atoms with Crippen molar-refractivity contribution in [3.8, 4) is 11.8 Å². The van der Waals surface area contributed by atoms with Crippen molar-refractivity contribution in [2.45, 2.75) is 6.54 Å². The molecule has 1 saturated heterocycles. The molecule has 0 radical (unpaired) electrons. The van der Waals surface area contributed by atoms with E-state index in [9.17, 15) is 9.59 Å². The van der Waals surface area contributed by atoms with Gasteiger partial charge in [0.05, 0.1) is 18.1 Å². The second-order valence-electron chi connectivity index (χ2n) is 8.71. The largest absolute Gasteiger partial charge is 0.465 e. The van der Waals surface area contributed by atoms with Gasteiger partial charge in [0, 0.05) is 43.9 Å². The van der Waals surface area contributed by atoms with Crippen LogP contribution in [0.5, 0.6) is 0 Å². The van der Waals surface area contributed by atoms with Crippen LogP contribution in [0.15, 0.2) is 77.3 Å². The lowest BCUT2D eigenvalue weighted by Crippen LogP contribution is -2.49. The minimum absolute atomic E-state index is 0.178. The molecule has 1 aromatic heterocycles. The third-order valence-corrected chi connectivity index (χ3v) is 6.27. The molecule has 8 nitrogen and oxygen atoms in total. The standard InChI is InChI=1S/C29H26N4O4/c1-36-28(34)24-10-3-2-9-23(24)14-13-21-7-6-8-22(19-21)20-32-15-17-33(18-16-32)29(35)30-27-25-11-4-5-12-26(25)37-31-27/h2-12,19H,15-18,20H2,1H3,(H,30,31,35). The highest BCUT2D eigenvalue weighted by Crippen LogP contribution is 2.22. The van der Waals surface area contributed by atoms with Gasteiger partial charge in [0.15, 0.2) is 11.4 Å². The van der Waals surface area contributed by atoms with E-state index in [0.29, 0.717) is 35.6 Å². The number of anilines is 1. The number of ether oxygens (including phenoxy) is 1. The minimum Gasteiger partial charge on any atom is -0.465 e. The number of benzene rings is 3. The van der Waals surface area contributed by atoms with Crippen molar-refractivity contribution < 1.29 is 18.8 Å². The fourth-order valence-electron chi connectivity index (χ4n) is 4.29. The SMILES string of the molecule is COC(=O)c1ccccc1C#Cc1cccc(CN2CCN(C(=O)Nc3noc4ccccc34)CC2)c1.